The van der Waals surface area contributed by atoms with Gasteiger partial charge in [-0.2, -0.15) is 0 Å². The fraction of sp³-hybridized carbons (Fsp3) is 0.600. The van der Waals surface area contributed by atoms with Crippen LogP contribution in [-0.2, 0) is 22.7 Å². The zero-order valence-corrected chi connectivity index (χ0v) is 12.5. The van der Waals surface area contributed by atoms with Crippen LogP contribution in [0.1, 0.15) is 31.4 Å². The molecular weight excluding hydrogens is 258 g/mol. The lowest BCUT2D eigenvalue weighted by Crippen LogP contribution is -2.34. The smallest absolute Gasteiger partial charge is 0.152 e. The summed E-state index contributed by atoms with van der Waals surface area (Å²) in [5.74, 6) is 0.246. The lowest BCUT2D eigenvalue weighted by molar-refractivity contribution is 0.305. The van der Waals surface area contributed by atoms with Crippen LogP contribution in [-0.4, -0.2) is 26.0 Å². The van der Waals surface area contributed by atoms with Crippen LogP contribution >= 0.6 is 0 Å². The van der Waals surface area contributed by atoms with E-state index in [0.29, 0.717) is 13.0 Å². The predicted molar refractivity (Wildman–Crippen MR) is 78.9 cm³/mol. The van der Waals surface area contributed by atoms with Crippen molar-refractivity contribution in [3.8, 4) is 0 Å². The van der Waals surface area contributed by atoms with E-state index in [1.54, 1.807) is 13.8 Å². The standard InChI is InChI=1S/C15H23NO2S/c1-12(2)19(17,18)8-7-15(11-16)9-13-5-3-4-6-14(13)10-15/h3-6,12H,7-11,16H2,1-2H3. The van der Waals surface area contributed by atoms with E-state index < -0.39 is 9.84 Å². The Hall–Kier alpha value is -0.870. The fourth-order valence-corrected chi connectivity index (χ4v) is 3.98. The Balaban J connectivity index is 2.11. The van der Waals surface area contributed by atoms with Gasteiger partial charge in [0, 0.05) is 0 Å². The summed E-state index contributed by atoms with van der Waals surface area (Å²) in [4.78, 5) is 0. The van der Waals surface area contributed by atoms with E-state index in [-0.39, 0.29) is 16.4 Å². The molecule has 19 heavy (non-hydrogen) atoms. The molecule has 0 fully saturated rings. The summed E-state index contributed by atoms with van der Waals surface area (Å²) >= 11 is 0. The topological polar surface area (TPSA) is 60.2 Å². The average molecular weight is 281 g/mol. The lowest BCUT2D eigenvalue weighted by Gasteiger charge is -2.27. The van der Waals surface area contributed by atoms with Gasteiger partial charge >= 0.3 is 0 Å². The lowest BCUT2D eigenvalue weighted by atomic mass is 9.82. The quantitative estimate of drug-likeness (QED) is 0.897. The maximum absolute atomic E-state index is 12.0. The van der Waals surface area contributed by atoms with Gasteiger partial charge in [0.1, 0.15) is 0 Å². The molecule has 0 spiro atoms. The van der Waals surface area contributed by atoms with Gasteiger partial charge in [-0.25, -0.2) is 8.42 Å². The van der Waals surface area contributed by atoms with Gasteiger partial charge in [-0.05, 0) is 56.2 Å². The number of nitrogens with two attached hydrogens (primary N) is 1. The second-order valence-corrected chi connectivity index (χ2v) is 8.67. The molecule has 0 aliphatic heterocycles. The summed E-state index contributed by atoms with van der Waals surface area (Å²) < 4.78 is 24.0. The molecule has 0 amide bonds. The van der Waals surface area contributed by atoms with E-state index in [2.05, 4.69) is 12.1 Å². The third-order valence-corrected chi connectivity index (χ3v) is 6.53. The Labute approximate surface area is 116 Å². The van der Waals surface area contributed by atoms with Crippen LogP contribution in [0.2, 0.25) is 0 Å². The number of benzene rings is 1. The van der Waals surface area contributed by atoms with Crippen molar-refractivity contribution in [2.24, 2.45) is 11.1 Å². The average Bonchev–Trinajstić information content (AvgIpc) is 2.75. The van der Waals surface area contributed by atoms with Gasteiger partial charge in [0.05, 0.1) is 11.0 Å². The molecule has 2 rings (SSSR count). The molecular formula is C15H23NO2S. The normalized spacial score (nSPS) is 17.7. The van der Waals surface area contributed by atoms with Gasteiger partial charge < -0.3 is 5.73 Å². The molecule has 3 nitrogen and oxygen atoms in total. The highest BCUT2D eigenvalue weighted by Gasteiger charge is 2.37. The van der Waals surface area contributed by atoms with Crippen molar-refractivity contribution in [1.82, 2.24) is 0 Å². The SMILES string of the molecule is CC(C)S(=O)(=O)CCC1(CN)Cc2ccccc2C1. The fourth-order valence-electron chi connectivity index (χ4n) is 2.79. The Morgan fingerprint density at radius 2 is 1.74 bits per heavy atom. The third-order valence-electron chi connectivity index (χ3n) is 4.32. The Kier molecular flexibility index (Phi) is 4.02. The first-order valence-electron chi connectivity index (χ1n) is 6.87. The van der Waals surface area contributed by atoms with Crippen molar-refractivity contribution in [3.63, 3.8) is 0 Å². The Bertz CT molecular complexity index is 524. The van der Waals surface area contributed by atoms with Crippen molar-refractivity contribution < 1.29 is 8.42 Å². The van der Waals surface area contributed by atoms with Crippen molar-refractivity contribution in [3.05, 3.63) is 35.4 Å². The third kappa shape index (κ3) is 3.00. The second-order valence-electron chi connectivity index (χ2n) is 5.99. The minimum Gasteiger partial charge on any atom is -0.330 e. The highest BCUT2D eigenvalue weighted by atomic mass is 32.2. The maximum Gasteiger partial charge on any atom is 0.152 e. The summed E-state index contributed by atoms with van der Waals surface area (Å²) in [6, 6.07) is 8.33. The number of fused-ring (bicyclic) bond motifs is 1. The summed E-state index contributed by atoms with van der Waals surface area (Å²) in [5, 5.41) is -0.300. The van der Waals surface area contributed by atoms with Gasteiger partial charge in [0.25, 0.3) is 0 Å². The van der Waals surface area contributed by atoms with E-state index in [9.17, 15) is 8.42 Å². The summed E-state index contributed by atoms with van der Waals surface area (Å²) in [6.07, 6.45) is 2.49. The van der Waals surface area contributed by atoms with E-state index in [4.69, 9.17) is 5.73 Å². The molecule has 0 heterocycles. The van der Waals surface area contributed by atoms with E-state index in [1.807, 2.05) is 12.1 Å². The summed E-state index contributed by atoms with van der Waals surface area (Å²) in [5.41, 5.74) is 8.55. The molecule has 0 bridgehead atoms. The van der Waals surface area contributed by atoms with Gasteiger partial charge in [0.15, 0.2) is 9.84 Å². The second kappa shape index (κ2) is 5.25. The van der Waals surface area contributed by atoms with E-state index in [0.717, 1.165) is 12.8 Å². The van der Waals surface area contributed by atoms with Crippen LogP contribution in [0.4, 0.5) is 0 Å². The van der Waals surface area contributed by atoms with Crippen LogP contribution in [0, 0.1) is 5.41 Å². The molecule has 106 valence electrons. The van der Waals surface area contributed by atoms with Crippen molar-refractivity contribution in [1.29, 1.82) is 0 Å². The Morgan fingerprint density at radius 1 is 1.21 bits per heavy atom. The van der Waals surface area contributed by atoms with Gasteiger partial charge in [0.2, 0.25) is 0 Å². The zero-order chi connectivity index (χ0) is 14.1. The summed E-state index contributed by atoms with van der Waals surface area (Å²) in [6.45, 7) is 4.04. The molecule has 1 aliphatic rings. The molecule has 4 heteroatoms. The van der Waals surface area contributed by atoms with Crippen molar-refractivity contribution >= 4 is 9.84 Å². The van der Waals surface area contributed by atoms with Crippen LogP contribution in [0.3, 0.4) is 0 Å². The van der Waals surface area contributed by atoms with Crippen LogP contribution in [0.25, 0.3) is 0 Å². The Morgan fingerprint density at radius 3 is 2.16 bits per heavy atom. The molecule has 2 N–H and O–H groups in total. The molecule has 0 radical (unpaired) electrons. The molecule has 0 aromatic heterocycles. The van der Waals surface area contributed by atoms with E-state index in [1.165, 1.54) is 11.1 Å². The number of sulfone groups is 1. The predicted octanol–water partition coefficient (Wildman–Crippen LogP) is 1.94. The molecule has 0 saturated carbocycles. The highest BCUT2D eigenvalue weighted by Crippen LogP contribution is 2.39. The van der Waals surface area contributed by atoms with Gasteiger partial charge in [-0.1, -0.05) is 24.3 Å². The number of hydrogen-bond donors (Lipinski definition) is 1. The summed E-state index contributed by atoms with van der Waals surface area (Å²) in [7, 11) is -2.98. The molecule has 0 atom stereocenters. The van der Waals surface area contributed by atoms with Crippen LogP contribution in [0.5, 0.6) is 0 Å². The van der Waals surface area contributed by atoms with Gasteiger partial charge in [-0.15, -0.1) is 0 Å². The molecule has 1 aliphatic carbocycles. The number of rotatable bonds is 5. The minimum absolute atomic E-state index is 0.0638. The largest absolute Gasteiger partial charge is 0.330 e. The molecule has 0 saturated heterocycles. The van der Waals surface area contributed by atoms with Crippen molar-refractivity contribution in [2.75, 3.05) is 12.3 Å². The van der Waals surface area contributed by atoms with Gasteiger partial charge in [-0.3, -0.25) is 0 Å². The van der Waals surface area contributed by atoms with Crippen LogP contribution in [0.15, 0.2) is 24.3 Å². The zero-order valence-electron chi connectivity index (χ0n) is 11.7. The minimum atomic E-state index is -2.98. The highest BCUT2D eigenvalue weighted by molar-refractivity contribution is 7.91. The first kappa shape index (κ1) is 14.5. The molecule has 0 unspecified atom stereocenters. The van der Waals surface area contributed by atoms with E-state index >= 15 is 0 Å². The first-order chi connectivity index (χ1) is 8.88. The first-order valence-corrected chi connectivity index (χ1v) is 8.58. The van der Waals surface area contributed by atoms with Crippen molar-refractivity contribution in [2.45, 2.75) is 38.4 Å². The molecule has 1 aromatic rings. The van der Waals surface area contributed by atoms with Crippen LogP contribution < -0.4 is 5.73 Å². The maximum atomic E-state index is 12.0. The number of hydrogen-bond acceptors (Lipinski definition) is 3. The molecule has 1 aromatic carbocycles. The monoisotopic (exact) mass is 281 g/mol.